The maximum atomic E-state index is 13.8. The van der Waals surface area contributed by atoms with E-state index in [0.29, 0.717) is 5.33 Å². The molecule has 2 aromatic heterocycles. The molecule has 0 bridgehead atoms. The van der Waals surface area contributed by atoms with Crippen LogP contribution in [0.4, 0.5) is 4.39 Å². The second kappa shape index (κ2) is 5.63. The van der Waals surface area contributed by atoms with Crippen molar-refractivity contribution in [2.24, 2.45) is 0 Å². The first-order valence-corrected chi connectivity index (χ1v) is 7.29. The molecule has 0 fully saturated rings. The Kier molecular flexibility index (Phi) is 3.69. The van der Waals surface area contributed by atoms with Gasteiger partial charge in [0.2, 0.25) is 0 Å². The fraction of sp³-hybridized carbons (Fsp3) is 0.133. The van der Waals surface area contributed by atoms with E-state index < -0.39 is 0 Å². The van der Waals surface area contributed by atoms with E-state index in [-0.39, 0.29) is 18.2 Å². The van der Waals surface area contributed by atoms with Crippen LogP contribution in [-0.4, -0.2) is 9.38 Å². The van der Waals surface area contributed by atoms with Crippen LogP contribution in [-0.2, 0) is 11.9 Å². The van der Waals surface area contributed by atoms with E-state index in [2.05, 4.69) is 20.9 Å². The number of alkyl halides is 1. The smallest absolute Gasteiger partial charge is 0.165 e. The molecule has 1 aromatic carbocycles. The third kappa shape index (κ3) is 2.54. The largest absolute Gasteiger partial charge is 0.484 e. The number of hydrogen-bond acceptors (Lipinski definition) is 2. The molecule has 102 valence electrons. The summed E-state index contributed by atoms with van der Waals surface area (Å²) < 4.78 is 21.3. The van der Waals surface area contributed by atoms with E-state index in [9.17, 15) is 4.39 Å². The summed E-state index contributed by atoms with van der Waals surface area (Å²) in [6.45, 7) is 0.239. The Morgan fingerprint density at radius 3 is 2.90 bits per heavy atom. The molecule has 20 heavy (non-hydrogen) atoms. The summed E-state index contributed by atoms with van der Waals surface area (Å²) in [5.41, 5.74) is 2.40. The van der Waals surface area contributed by atoms with Gasteiger partial charge in [0.25, 0.3) is 0 Å². The van der Waals surface area contributed by atoms with E-state index in [0.717, 1.165) is 16.9 Å². The second-order valence-electron chi connectivity index (χ2n) is 4.35. The monoisotopic (exact) mass is 334 g/mol. The third-order valence-corrected chi connectivity index (χ3v) is 3.57. The first-order valence-electron chi connectivity index (χ1n) is 6.16. The number of para-hydroxylation sites is 1. The van der Waals surface area contributed by atoms with Crippen LogP contribution < -0.4 is 4.74 Å². The van der Waals surface area contributed by atoms with Crippen molar-refractivity contribution >= 4 is 21.6 Å². The van der Waals surface area contributed by atoms with Gasteiger partial charge in [0, 0.05) is 23.3 Å². The lowest BCUT2D eigenvalue weighted by molar-refractivity contribution is 0.284. The highest BCUT2D eigenvalue weighted by atomic mass is 79.9. The van der Waals surface area contributed by atoms with Gasteiger partial charge in [-0.2, -0.15) is 0 Å². The molecular weight excluding hydrogens is 323 g/mol. The summed E-state index contributed by atoms with van der Waals surface area (Å²) >= 11 is 3.33. The molecule has 0 aliphatic heterocycles. The fourth-order valence-corrected chi connectivity index (χ4v) is 2.46. The van der Waals surface area contributed by atoms with Gasteiger partial charge in [0.05, 0.1) is 5.69 Å². The van der Waals surface area contributed by atoms with Crippen molar-refractivity contribution in [2.75, 3.05) is 0 Å². The highest BCUT2D eigenvalue weighted by Gasteiger charge is 2.10. The zero-order valence-corrected chi connectivity index (χ0v) is 12.2. The van der Waals surface area contributed by atoms with Gasteiger partial charge in [-0.25, -0.2) is 9.37 Å². The van der Waals surface area contributed by atoms with Crippen LogP contribution in [0.3, 0.4) is 0 Å². The molecular formula is C15H12BrFN2O. The van der Waals surface area contributed by atoms with Gasteiger partial charge < -0.3 is 9.14 Å². The number of ether oxygens (including phenoxy) is 1. The number of pyridine rings is 1. The Hall–Kier alpha value is -1.88. The van der Waals surface area contributed by atoms with Gasteiger partial charge >= 0.3 is 0 Å². The normalized spacial score (nSPS) is 10.9. The van der Waals surface area contributed by atoms with Crippen LogP contribution in [0.2, 0.25) is 0 Å². The zero-order chi connectivity index (χ0) is 13.9. The molecule has 0 saturated heterocycles. The van der Waals surface area contributed by atoms with E-state index in [1.54, 1.807) is 6.07 Å². The van der Waals surface area contributed by atoms with Gasteiger partial charge in [-0.1, -0.05) is 34.1 Å². The number of imidazole rings is 1. The summed E-state index contributed by atoms with van der Waals surface area (Å²) in [6, 6.07) is 10.7. The minimum atomic E-state index is -0.356. The highest BCUT2D eigenvalue weighted by Crippen LogP contribution is 2.25. The molecule has 3 rings (SSSR count). The molecule has 0 N–H and O–H groups in total. The van der Waals surface area contributed by atoms with Gasteiger partial charge in [-0.05, 0) is 18.2 Å². The minimum absolute atomic E-state index is 0.239. The molecule has 0 amide bonds. The van der Waals surface area contributed by atoms with Crippen molar-refractivity contribution in [1.29, 1.82) is 0 Å². The first kappa shape index (κ1) is 13.1. The minimum Gasteiger partial charge on any atom is -0.484 e. The molecule has 0 aliphatic rings. The number of fused-ring (bicyclic) bond motifs is 1. The maximum Gasteiger partial charge on any atom is 0.165 e. The number of aromatic nitrogens is 2. The molecule has 0 radical (unpaired) electrons. The van der Waals surface area contributed by atoms with E-state index in [1.165, 1.54) is 6.07 Å². The quantitative estimate of drug-likeness (QED) is 0.675. The van der Waals surface area contributed by atoms with Gasteiger partial charge in [0.15, 0.2) is 11.6 Å². The molecule has 0 unspecified atom stereocenters. The number of benzene rings is 1. The summed E-state index contributed by atoms with van der Waals surface area (Å²) in [6.07, 6.45) is 3.79. The Morgan fingerprint density at radius 2 is 2.10 bits per heavy atom. The van der Waals surface area contributed by atoms with Crippen molar-refractivity contribution < 1.29 is 9.13 Å². The van der Waals surface area contributed by atoms with Gasteiger partial charge in [0.1, 0.15) is 12.3 Å². The van der Waals surface area contributed by atoms with Crippen LogP contribution in [0.15, 0.2) is 48.8 Å². The molecule has 5 heteroatoms. The van der Waals surface area contributed by atoms with Crippen molar-refractivity contribution in [3.05, 3.63) is 65.9 Å². The van der Waals surface area contributed by atoms with Gasteiger partial charge in [-0.3, -0.25) is 0 Å². The summed E-state index contributed by atoms with van der Waals surface area (Å²) in [7, 11) is 0. The lowest BCUT2D eigenvalue weighted by Crippen LogP contribution is -2.00. The Morgan fingerprint density at radius 1 is 1.20 bits per heavy atom. The van der Waals surface area contributed by atoms with Crippen LogP contribution in [0.5, 0.6) is 5.75 Å². The molecule has 0 spiro atoms. The molecule has 0 saturated carbocycles. The maximum absolute atomic E-state index is 13.8. The van der Waals surface area contributed by atoms with Crippen molar-refractivity contribution in [2.45, 2.75) is 11.9 Å². The lowest BCUT2D eigenvalue weighted by atomic mass is 10.2. The average Bonchev–Trinajstić information content (AvgIpc) is 2.88. The Balaban J connectivity index is 1.82. The van der Waals surface area contributed by atoms with Crippen molar-refractivity contribution in [1.82, 2.24) is 9.38 Å². The van der Waals surface area contributed by atoms with Crippen LogP contribution >= 0.6 is 15.9 Å². The number of rotatable bonds is 4. The Bertz CT molecular complexity index is 709. The van der Waals surface area contributed by atoms with Crippen LogP contribution in [0.1, 0.15) is 11.3 Å². The average molecular weight is 335 g/mol. The Labute approximate surface area is 124 Å². The molecule has 3 nitrogen and oxygen atoms in total. The number of halogens is 2. The predicted octanol–water partition coefficient (Wildman–Crippen LogP) is 3.95. The predicted molar refractivity (Wildman–Crippen MR) is 78.6 cm³/mol. The van der Waals surface area contributed by atoms with Crippen molar-refractivity contribution in [3.63, 3.8) is 0 Å². The summed E-state index contributed by atoms with van der Waals surface area (Å²) in [5.74, 6) is -0.0767. The van der Waals surface area contributed by atoms with E-state index in [1.807, 2.05) is 41.1 Å². The van der Waals surface area contributed by atoms with E-state index >= 15 is 0 Å². The lowest BCUT2D eigenvalue weighted by Gasteiger charge is -2.09. The number of hydrogen-bond donors (Lipinski definition) is 0. The third-order valence-electron chi connectivity index (χ3n) is 2.97. The molecule has 0 aliphatic carbocycles. The first-order chi connectivity index (χ1) is 9.78. The zero-order valence-electron chi connectivity index (χ0n) is 10.6. The number of nitrogens with zero attached hydrogens (tertiary/aromatic N) is 2. The van der Waals surface area contributed by atoms with Crippen LogP contribution in [0, 0.1) is 5.82 Å². The fourth-order valence-electron chi connectivity index (χ4n) is 2.02. The standard InChI is InChI=1S/C15H12BrFN2O/c16-8-11-4-3-5-13(17)15(11)20-10-12-9-19-7-2-1-6-14(19)18-12/h1-7,9H,8,10H2. The van der Waals surface area contributed by atoms with Crippen molar-refractivity contribution in [3.8, 4) is 5.75 Å². The SMILES string of the molecule is Fc1cccc(CBr)c1OCc1cn2ccccc2n1. The van der Waals surface area contributed by atoms with Crippen LogP contribution in [0.25, 0.3) is 5.65 Å². The molecule has 0 atom stereocenters. The van der Waals surface area contributed by atoms with Gasteiger partial charge in [-0.15, -0.1) is 0 Å². The highest BCUT2D eigenvalue weighted by molar-refractivity contribution is 9.08. The second-order valence-corrected chi connectivity index (χ2v) is 4.91. The topological polar surface area (TPSA) is 26.5 Å². The summed E-state index contributed by atoms with van der Waals surface area (Å²) in [4.78, 5) is 4.42. The summed E-state index contributed by atoms with van der Waals surface area (Å²) in [5, 5.41) is 0.547. The molecule has 3 aromatic rings. The van der Waals surface area contributed by atoms with E-state index in [4.69, 9.17) is 4.74 Å². The molecule has 2 heterocycles.